The molecule has 0 aromatic heterocycles. The molecule has 2 rings (SSSR count). The van der Waals surface area contributed by atoms with Gasteiger partial charge in [-0.15, -0.1) is 0 Å². The van der Waals surface area contributed by atoms with Crippen LogP contribution in [0.3, 0.4) is 0 Å². The number of aryl methyl sites for hydroxylation is 1. The Bertz CT molecular complexity index is 582. The van der Waals surface area contributed by atoms with E-state index in [9.17, 15) is 8.78 Å². The van der Waals surface area contributed by atoms with Crippen molar-refractivity contribution >= 4 is 15.9 Å². The van der Waals surface area contributed by atoms with Crippen LogP contribution in [0.4, 0.5) is 8.78 Å². The van der Waals surface area contributed by atoms with Crippen molar-refractivity contribution in [2.24, 2.45) is 5.84 Å². The summed E-state index contributed by atoms with van der Waals surface area (Å²) in [6, 6.07) is 8.87. The van der Waals surface area contributed by atoms with Crippen LogP contribution in [0.1, 0.15) is 22.7 Å². The molecular weight excluding hydrogens is 314 g/mol. The normalized spacial score (nSPS) is 12.5. The minimum atomic E-state index is -0.461. The molecular formula is C14H13BrF2N2. The first-order chi connectivity index (χ1) is 9.01. The van der Waals surface area contributed by atoms with E-state index in [2.05, 4.69) is 21.4 Å². The molecule has 0 aliphatic rings. The van der Waals surface area contributed by atoms with Gasteiger partial charge in [0.1, 0.15) is 11.6 Å². The summed E-state index contributed by atoms with van der Waals surface area (Å²) in [6.45, 7) is 1.79. The number of nitrogens with one attached hydrogen (secondary N) is 1. The van der Waals surface area contributed by atoms with Crippen LogP contribution < -0.4 is 11.3 Å². The minimum Gasteiger partial charge on any atom is -0.271 e. The number of hydrogen-bond acceptors (Lipinski definition) is 2. The highest BCUT2D eigenvalue weighted by Crippen LogP contribution is 2.26. The van der Waals surface area contributed by atoms with E-state index in [4.69, 9.17) is 5.84 Å². The topological polar surface area (TPSA) is 38.0 Å². The van der Waals surface area contributed by atoms with Crippen molar-refractivity contribution < 1.29 is 8.78 Å². The molecule has 0 aliphatic carbocycles. The molecule has 0 spiro atoms. The quantitative estimate of drug-likeness (QED) is 0.668. The van der Waals surface area contributed by atoms with Gasteiger partial charge in [0.25, 0.3) is 0 Å². The van der Waals surface area contributed by atoms with Crippen LogP contribution in [0.15, 0.2) is 40.9 Å². The molecule has 3 N–H and O–H groups in total. The lowest BCUT2D eigenvalue weighted by Gasteiger charge is -2.18. The zero-order valence-corrected chi connectivity index (χ0v) is 11.8. The molecule has 19 heavy (non-hydrogen) atoms. The smallest absolute Gasteiger partial charge is 0.137 e. The molecule has 2 nitrogen and oxygen atoms in total. The van der Waals surface area contributed by atoms with Gasteiger partial charge in [-0.2, -0.15) is 0 Å². The highest BCUT2D eigenvalue weighted by atomic mass is 79.9. The van der Waals surface area contributed by atoms with E-state index >= 15 is 0 Å². The summed E-state index contributed by atoms with van der Waals surface area (Å²) in [5, 5.41) is 0. The summed E-state index contributed by atoms with van der Waals surface area (Å²) in [4.78, 5) is 0. The first-order valence-corrected chi connectivity index (χ1v) is 6.48. The lowest BCUT2D eigenvalue weighted by molar-refractivity contribution is 0.591. The number of hydrazine groups is 1. The number of hydrogen-bond donors (Lipinski definition) is 2. The first-order valence-electron chi connectivity index (χ1n) is 5.69. The molecule has 0 fully saturated rings. The maximum atomic E-state index is 13.6. The Morgan fingerprint density at radius 3 is 2.42 bits per heavy atom. The average molecular weight is 327 g/mol. The van der Waals surface area contributed by atoms with Crippen molar-refractivity contribution in [2.75, 3.05) is 0 Å². The number of nitrogens with two attached hydrogens (primary N) is 1. The van der Waals surface area contributed by atoms with Gasteiger partial charge >= 0.3 is 0 Å². The number of halogens is 3. The van der Waals surface area contributed by atoms with E-state index in [1.807, 2.05) is 6.07 Å². The molecule has 5 heteroatoms. The van der Waals surface area contributed by atoms with Crippen LogP contribution in [0.25, 0.3) is 0 Å². The lowest BCUT2D eigenvalue weighted by atomic mass is 9.97. The molecule has 2 aromatic carbocycles. The predicted octanol–water partition coefficient (Wildman–Crippen LogP) is 3.59. The number of benzene rings is 2. The fraction of sp³-hybridized carbons (Fsp3) is 0.143. The minimum absolute atomic E-state index is 0.340. The third-order valence-corrected chi connectivity index (χ3v) is 3.48. The SMILES string of the molecule is Cc1cc(F)cc(C(NN)c2ccc(Br)c(F)c2)c1. The number of rotatable bonds is 3. The fourth-order valence-electron chi connectivity index (χ4n) is 2.01. The largest absolute Gasteiger partial charge is 0.271 e. The molecule has 0 saturated carbocycles. The molecule has 1 atom stereocenters. The Kier molecular flexibility index (Phi) is 4.29. The van der Waals surface area contributed by atoms with Gasteiger partial charge in [0, 0.05) is 0 Å². The van der Waals surface area contributed by atoms with Crippen molar-refractivity contribution in [1.82, 2.24) is 5.43 Å². The van der Waals surface area contributed by atoms with Crippen LogP contribution in [-0.4, -0.2) is 0 Å². The molecule has 0 amide bonds. The second-order valence-corrected chi connectivity index (χ2v) is 5.19. The summed E-state index contributed by atoms with van der Waals surface area (Å²) in [5.41, 5.74) is 4.66. The summed E-state index contributed by atoms with van der Waals surface area (Å²) < 4.78 is 27.4. The Hall–Kier alpha value is -1.30. The second kappa shape index (κ2) is 5.77. The maximum absolute atomic E-state index is 13.6. The van der Waals surface area contributed by atoms with Crippen molar-refractivity contribution in [1.29, 1.82) is 0 Å². The molecule has 0 saturated heterocycles. The first kappa shape index (κ1) is 14.1. The third-order valence-electron chi connectivity index (χ3n) is 2.84. The van der Waals surface area contributed by atoms with Gasteiger partial charge < -0.3 is 0 Å². The summed E-state index contributed by atoms with van der Waals surface area (Å²) in [5.74, 6) is 4.80. The molecule has 0 aliphatic heterocycles. The zero-order valence-electron chi connectivity index (χ0n) is 10.3. The molecule has 1 unspecified atom stereocenters. The zero-order chi connectivity index (χ0) is 14.0. The van der Waals surface area contributed by atoms with Gasteiger partial charge in [-0.1, -0.05) is 12.1 Å². The molecule has 0 bridgehead atoms. The Labute approximate surface area is 118 Å². The Balaban J connectivity index is 2.46. The van der Waals surface area contributed by atoms with Gasteiger partial charge in [0.05, 0.1) is 10.5 Å². The van der Waals surface area contributed by atoms with Crippen LogP contribution >= 0.6 is 15.9 Å². The van der Waals surface area contributed by atoms with E-state index < -0.39 is 6.04 Å². The molecule has 100 valence electrons. The maximum Gasteiger partial charge on any atom is 0.137 e. The summed E-state index contributed by atoms with van der Waals surface area (Å²) in [6.07, 6.45) is 0. The Morgan fingerprint density at radius 2 is 1.84 bits per heavy atom. The van der Waals surface area contributed by atoms with E-state index in [0.717, 1.165) is 5.56 Å². The molecule has 0 heterocycles. The summed E-state index contributed by atoms with van der Waals surface area (Å²) in [7, 11) is 0. The highest BCUT2D eigenvalue weighted by molar-refractivity contribution is 9.10. The highest BCUT2D eigenvalue weighted by Gasteiger charge is 2.15. The molecule has 2 aromatic rings. The van der Waals surface area contributed by atoms with Crippen LogP contribution in [0.5, 0.6) is 0 Å². The third kappa shape index (κ3) is 3.18. The van der Waals surface area contributed by atoms with Crippen molar-refractivity contribution in [3.05, 3.63) is 69.2 Å². The van der Waals surface area contributed by atoms with E-state index in [1.54, 1.807) is 19.1 Å². The van der Waals surface area contributed by atoms with Gasteiger partial charge in [-0.3, -0.25) is 5.84 Å². The lowest BCUT2D eigenvalue weighted by Crippen LogP contribution is -2.29. The molecule has 0 radical (unpaired) electrons. The standard InChI is InChI=1S/C14H13BrF2N2/c1-8-4-10(6-11(16)5-8)14(19-18)9-2-3-12(15)13(17)7-9/h2-7,14,19H,18H2,1H3. The second-order valence-electron chi connectivity index (χ2n) is 4.34. The van der Waals surface area contributed by atoms with Crippen molar-refractivity contribution in [3.63, 3.8) is 0 Å². The van der Waals surface area contributed by atoms with Crippen LogP contribution in [0, 0.1) is 18.6 Å². The van der Waals surface area contributed by atoms with E-state index in [0.29, 0.717) is 15.6 Å². The fourth-order valence-corrected chi connectivity index (χ4v) is 2.25. The van der Waals surface area contributed by atoms with E-state index in [1.165, 1.54) is 18.2 Å². The predicted molar refractivity (Wildman–Crippen MR) is 74.4 cm³/mol. The van der Waals surface area contributed by atoms with Gasteiger partial charge in [-0.05, 0) is 63.8 Å². The monoisotopic (exact) mass is 326 g/mol. The van der Waals surface area contributed by atoms with Crippen LogP contribution in [0.2, 0.25) is 0 Å². The van der Waals surface area contributed by atoms with Gasteiger partial charge in [0.15, 0.2) is 0 Å². The summed E-state index contributed by atoms with van der Waals surface area (Å²) >= 11 is 3.09. The van der Waals surface area contributed by atoms with Crippen LogP contribution in [-0.2, 0) is 0 Å². The van der Waals surface area contributed by atoms with E-state index in [-0.39, 0.29) is 11.6 Å². The van der Waals surface area contributed by atoms with Crippen molar-refractivity contribution in [3.8, 4) is 0 Å². The van der Waals surface area contributed by atoms with Crippen molar-refractivity contribution in [2.45, 2.75) is 13.0 Å². The Morgan fingerprint density at radius 1 is 1.11 bits per heavy atom. The van der Waals surface area contributed by atoms with Gasteiger partial charge in [0.2, 0.25) is 0 Å². The average Bonchev–Trinajstić information content (AvgIpc) is 2.33. The van der Waals surface area contributed by atoms with Gasteiger partial charge in [-0.25, -0.2) is 14.2 Å².